The molecular formula is C13H18N6. The Bertz CT molecular complexity index is 569. The molecule has 100 valence electrons. The summed E-state index contributed by atoms with van der Waals surface area (Å²) in [6.07, 6.45) is 0. The van der Waals surface area contributed by atoms with E-state index in [-0.39, 0.29) is 5.95 Å². The first-order chi connectivity index (χ1) is 9.15. The van der Waals surface area contributed by atoms with Crippen LogP contribution in [0.1, 0.15) is 12.5 Å². The Morgan fingerprint density at radius 3 is 2.63 bits per heavy atom. The minimum atomic E-state index is 0.192. The first-order valence-corrected chi connectivity index (χ1v) is 6.10. The van der Waals surface area contributed by atoms with Crippen molar-refractivity contribution in [3.63, 3.8) is 0 Å². The summed E-state index contributed by atoms with van der Waals surface area (Å²) in [6, 6.07) is 9.88. The third kappa shape index (κ3) is 2.74. The molecule has 1 heterocycles. The Labute approximate surface area is 112 Å². The van der Waals surface area contributed by atoms with Crippen LogP contribution in [-0.2, 0) is 0 Å². The van der Waals surface area contributed by atoms with Gasteiger partial charge in [-0.3, -0.25) is 0 Å². The summed E-state index contributed by atoms with van der Waals surface area (Å²) in [5, 5.41) is 0. The van der Waals surface area contributed by atoms with Crippen molar-refractivity contribution in [3.8, 4) is 0 Å². The second-order valence-electron chi connectivity index (χ2n) is 4.14. The molecule has 0 amide bonds. The minimum absolute atomic E-state index is 0.192. The van der Waals surface area contributed by atoms with E-state index >= 15 is 0 Å². The van der Waals surface area contributed by atoms with Crippen LogP contribution >= 0.6 is 0 Å². The molecule has 0 saturated heterocycles. The number of benzene rings is 1. The second kappa shape index (κ2) is 5.53. The fraction of sp³-hybridized carbons (Fsp3) is 0.231. The van der Waals surface area contributed by atoms with Gasteiger partial charge in [-0.15, -0.1) is 0 Å². The highest BCUT2D eigenvalue weighted by Gasteiger charge is 2.12. The van der Waals surface area contributed by atoms with E-state index in [1.54, 1.807) is 6.07 Å². The number of aryl methyl sites for hydroxylation is 1. The van der Waals surface area contributed by atoms with Gasteiger partial charge in [-0.1, -0.05) is 18.2 Å². The summed E-state index contributed by atoms with van der Waals surface area (Å²) in [5.41, 5.74) is 10.5. The van der Waals surface area contributed by atoms with Gasteiger partial charge in [0.25, 0.3) is 0 Å². The lowest BCUT2D eigenvalue weighted by molar-refractivity contribution is 0.973. The Morgan fingerprint density at radius 2 is 2.00 bits per heavy atom. The molecule has 1 aromatic heterocycles. The predicted molar refractivity (Wildman–Crippen MR) is 78.1 cm³/mol. The largest absolute Gasteiger partial charge is 0.368 e. The van der Waals surface area contributed by atoms with E-state index in [1.165, 1.54) is 5.56 Å². The van der Waals surface area contributed by atoms with Crippen molar-refractivity contribution in [1.82, 2.24) is 9.97 Å². The standard InChI is InChI=1S/C13H18N6/c1-3-19(10-7-5-4-6-9(10)2)12-8-11(18-15)16-13(14)17-12/h4-8H,3,15H2,1-2H3,(H3,14,16,17,18). The van der Waals surface area contributed by atoms with Gasteiger partial charge >= 0.3 is 0 Å². The number of nitrogens with zero attached hydrogens (tertiary/aromatic N) is 3. The highest BCUT2D eigenvalue weighted by Crippen LogP contribution is 2.27. The minimum Gasteiger partial charge on any atom is -0.368 e. The maximum atomic E-state index is 5.70. The van der Waals surface area contributed by atoms with Crippen LogP contribution in [0.4, 0.5) is 23.3 Å². The average molecular weight is 258 g/mol. The molecule has 0 fully saturated rings. The molecule has 0 atom stereocenters. The summed E-state index contributed by atoms with van der Waals surface area (Å²) < 4.78 is 0. The van der Waals surface area contributed by atoms with Gasteiger partial charge in [0.2, 0.25) is 5.95 Å². The fourth-order valence-corrected chi connectivity index (χ4v) is 1.99. The first-order valence-electron chi connectivity index (χ1n) is 6.10. The maximum Gasteiger partial charge on any atom is 0.224 e. The Kier molecular flexibility index (Phi) is 3.82. The molecule has 0 aliphatic rings. The second-order valence-corrected chi connectivity index (χ2v) is 4.14. The maximum absolute atomic E-state index is 5.70. The number of hydrogen-bond donors (Lipinski definition) is 3. The molecule has 0 aliphatic heterocycles. The summed E-state index contributed by atoms with van der Waals surface area (Å²) >= 11 is 0. The van der Waals surface area contributed by atoms with E-state index in [0.29, 0.717) is 5.82 Å². The van der Waals surface area contributed by atoms with Gasteiger partial charge in [-0.2, -0.15) is 9.97 Å². The van der Waals surface area contributed by atoms with Gasteiger partial charge in [-0.25, -0.2) is 5.84 Å². The topological polar surface area (TPSA) is 93.1 Å². The number of rotatable bonds is 4. The van der Waals surface area contributed by atoms with E-state index < -0.39 is 0 Å². The number of para-hydroxylation sites is 1. The summed E-state index contributed by atoms with van der Waals surface area (Å²) in [4.78, 5) is 10.3. The van der Waals surface area contributed by atoms with Crippen molar-refractivity contribution in [1.29, 1.82) is 0 Å². The number of anilines is 4. The molecule has 0 saturated carbocycles. The van der Waals surface area contributed by atoms with Gasteiger partial charge in [0.1, 0.15) is 11.6 Å². The van der Waals surface area contributed by atoms with Crippen molar-refractivity contribution in [3.05, 3.63) is 35.9 Å². The zero-order chi connectivity index (χ0) is 13.8. The zero-order valence-electron chi connectivity index (χ0n) is 11.1. The zero-order valence-corrected chi connectivity index (χ0v) is 11.1. The van der Waals surface area contributed by atoms with Crippen LogP contribution in [-0.4, -0.2) is 16.5 Å². The molecule has 6 heteroatoms. The lowest BCUT2D eigenvalue weighted by Gasteiger charge is -2.24. The molecule has 0 spiro atoms. The van der Waals surface area contributed by atoms with Gasteiger partial charge in [0, 0.05) is 18.3 Å². The molecule has 0 radical (unpaired) electrons. The smallest absolute Gasteiger partial charge is 0.224 e. The Balaban J connectivity index is 2.48. The number of nitrogen functional groups attached to an aromatic ring is 2. The van der Waals surface area contributed by atoms with E-state index in [4.69, 9.17) is 11.6 Å². The molecule has 2 aromatic rings. The SMILES string of the molecule is CCN(c1cc(NN)nc(N)n1)c1ccccc1C. The van der Waals surface area contributed by atoms with E-state index in [2.05, 4.69) is 40.2 Å². The summed E-state index contributed by atoms with van der Waals surface area (Å²) in [7, 11) is 0. The van der Waals surface area contributed by atoms with Crippen LogP contribution in [0.15, 0.2) is 30.3 Å². The molecule has 5 N–H and O–H groups in total. The molecular weight excluding hydrogens is 240 g/mol. The van der Waals surface area contributed by atoms with Crippen molar-refractivity contribution < 1.29 is 0 Å². The normalized spacial score (nSPS) is 10.3. The van der Waals surface area contributed by atoms with Crippen molar-refractivity contribution >= 4 is 23.3 Å². The Hall–Kier alpha value is -2.34. The number of aromatic nitrogens is 2. The third-order valence-electron chi connectivity index (χ3n) is 2.88. The van der Waals surface area contributed by atoms with E-state index in [9.17, 15) is 0 Å². The van der Waals surface area contributed by atoms with Crippen LogP contribution in [0, 0.1) is 6.92 Å². The van der Waals surface area contributed by atoms with Crippen LogP contribution < -0.4 is 21.9 Å². The lowest BCUT2D eigenvalue weighted by Crippen LogP contribution is -2.20. The molecule has 1 aromatic carbocycles. The highest BCUT2D eigenvalue weighted by atomic mass is 15.3. The predicted octanol–water partition coefficient (Wildman–Crippen LogP) is 1.81. The van der Waals surface area contributed by atoms with Gasteiger partial charge in [0.15, 0.2) is 0 Å². The first kappa shape index (κ1) is 13.1. The lowest BCUT2D eigenvalue weighted by atomic mass is 10.2. The average Bonchev–Trinajstić information content (AvgIpc) is 2.41. The quantitative estimate of drug-likeness (QED) is 0.572. The van der Waals surface area contributed by atoms with Gasteiger partial charge < -0.3 is 16.1 Å². The number of hydrazine groups is 1. The monoisotopic (exact) mass is 258 g/mol. The molecule has 19 heavy (non-hydrogen) atoms. The summed E-state index contributed by atoms with van der Waals surface area (Å²) in [6.45, 7) is 4.89. The molecule has 0 aliphatic carbocycles. The number of nitrogens with one attached hydrogen (secondary N) is 1. The van der Waals surface area contributed by atoms with Crippen LogP contribution in [0.3, 0.4) is 0 Å². The molecule has 0 unspecified atom stereocenters. The fourth-order valence-electron chi connectivity index (χ4n) is 1.99. The molecule has 0 bridgehead atoms. The van der Waals surface area contributed by atoms with Crippen molar-refractivity contribution in [2.24, 2.45) is 5.84 Å². The van der Waals surface area contributed by atoms with Crippen LogP contribution in [0.25, 0.3) is 0 Å². The third-order valence-corrected chi connectivity index (χ3v) is 2.88. The number of nitrogens with two attached hydrogens (primary N) is 2. The van der Waals surface area contributed by atoms with Gasteiger partial charge in [0.05, 0.1) is 0 Å². The van der Waals surface area contributed by atoms with E-state index in [1.807, 2.05) is 18.2 Å². The molecule has 6 nitrogen and oxygen atoms in total. The Morgan fingerprint density at radius 1 is 1.26 bits per heavy atom. The van der Waals surface area contributed by atoms with E-state index in [0.717, 1.165) is 18.1 Å². The van der Waals surface area contributed by atoms with Gasteiger partial charge in [-0.05, 0) is 25.5 Å². The van der Waals surface area contributed by atoms with Crippen LogP contribution in [0.2, 0.25) is 0 Å². The van der Waals surface area contributed by atoms with Crippen molar-refractivity contribution in [2.75, 3.05) is 22.6 Å². The summed E-state index contributed by atoms with van der Waals surface area (Å²) in [5.74, 6) is 6.79. The number of hydrogen-bond acceptors (Lipinski definition) is 6. The van der Waals surface area contributed by atoms with Crippen LogP contribution in [0.5, 0.6) is 0 Å². The van der Waals surface area contributed by atoms with Crippen molar-refractivity contribution in [2.45, 2.75) is 13.8 Å². The highest BCUT2D eigenvalue weighted by molar-refractivity contribution is 5.66. The molecule has 2 rings (SSSR count).